The van der Waals surface area contributed by atoms with Crippen molar-refractivity contribution in [1.82, 2.24) is 20.4 Å². The molecule has 0 spiro atoms. The number of rotatable bonds is 7. The molecule has 0 amide bonds. The van der Waals surface area contributed by atoms with Crippen LogP contribution in [-0.2, 0) is 17.9 Å². The zero-order chi connectivity index (χ0) is 26.8. The van der Waals surface area contributed by atoms with E-state index >= 15 is 0 Å². The van der Waals surface area contributed by atoms with E-state index in [1.165, 1.54) is 30.5 Å². The van der Waals surface area contributed by atoms with Crippen LogP contribution >= 0.6 is 0 Å². The minimum atomic E-state index is -0.702. The van der Waals surface area contributed by atoms with Crippen LogP contribution in [0.2, 0.25) is 0 Å². The fourth-order valence-electron chi connectivity index (χ4n) is 4.57. The van der Waals surface area contributed by atoms with Crippen molar-refractivity contribution in [1.29, 1.82) is 0 Å². The Morgan fingerprint density at radius 2 is 1.92 bits per heavy atom. The van der Waals surface area contributed by atoms with Crippen molar-refractivity contribution < 1.29 is 18.5 Å². The average molecular weight is 517 g/mol. The van der Waals surface area contributed by atoms with Gasteiger partial charge < -0.3 is 5.73 Å². The first-order valence-electron chi connectivity index (χ1n) is 11.7. The number of hydroxylamine groups is 1. The van der Waals surface area contributed by atoms with Crippen LogP contribution in [0.5, 0.6) is 0 Å². The number of nitro benzene ring substituents is 1. The van der Waals surface area contributed by atoms with E-state index in [2.05, 4.69) is 20.4 Å². The third kappa shape index (κ3) is 5.04. The van der Waals surface area contributed by atoms with Gasteiger partial charge in [-0.1, -0.05) is 12.1 Å². The van der Waals surface area contributed by atoms with Crippen LogP contribution in [0, 0.1) is 28.8 Å². The predicted octanol–water partition coefficient (Wildman–Crippen LogP) is 5.02. The Hall–Kier alpha value is -4.77. The molecule has 1 atom stereocenters. The highest BCUT2D eigenvalue weighted by atomic mass is 19.1. The van der Waals surface area contributed by atoms with Gasteiger partial charge in [0.25, 0.3) is 5.69 Å². The molecule has 0 aliphatic heterocycles. The van der Waals surface area contributed by atoms with Crippen LogP contribution in [0.3, 0.4) is 0 Å². The summed E-state index contributed by atoms with van der Waals surface area (Å²) < 4.78 is 28.9. The first kappa shape index (κ1) is 24.9. The largest absolute Gasteiger partial charge is 0.368 e. The Morgan fingerprint density at radius 3 is 2.66 bits per heavy atom. The summed E-state index contributed by atoms with van der Waals surface area (Å²) in [6, 6.07) is 13.4. The number of aromatic nitrogens is 3. The molecule has 0 fully saturated rings. The standard InChI is InChI=1S/C27H22F2N6O3/c1-15-25-23(33-27(30)32-15)11-17(12-24(25)34-38-14-16-4-7-19(8-5-16)35(36)37)20-9-6-18(28)13-22(20)21-3-2-10-31-26(21)29/h2-10,12-13,17,34H,11,14H2,1H3,(H2,30,32,33). The average Bonchev–Trinajstić information content (AvgIpc) is 2.88. The molecule has 0 radical (unpaired) electrons. The highest BCUT2D eigenvalue weighted by molar-refractivity contribution is 5.74. The number of hydrogen-bond acceptors (Lipinski definition) is 8. The topological polar surface area (TPSA) is 129 Å². The summed E-state index contributed by atoms with van der Waals surface area (Å²) in [4.78, 5) is 28.6. The maximum absolute atomic E-state index is 14.6. The fourth-order valence-corrected chi connectivity index (χ4v) is 4.57. The number of nitro groups is 1. The number of hydrogen-bond donors (Lipinski definition) is 2. The molecule has 2 aromatic carbocycles. The summed E-state index contributed by atoms with van der Waals surface area (Å²) in [6.07, 6.45) is 3.65. The highest BCUT2D eigenvalue weighted by Crippen LogP contribution is 2.39. The lowest BCUT2D eigenvalue weighted by Crippen LogP contribution is -2.23. The lowest BCUT2D eigenvalue weighted by molar-refractivity contribution is -0.384. The lowest BCUT2D eigenvalue weighted by Gasteiger charge is -2.27. The molecule has 11 heteroatoms. The zero-order valence-corrected chi connectivity index (χ0v) is 20.2. The molecule has 38 heavy (non-hydrogen) atoms. The number of nitrogens with zero attached hydrogens (tertiary/aromatic N) is 4. The Labute approximate surface area is 216 Å². The van der Waals surface area contributed by atoms with Gasteiger partial charge in [0, 0.05) is 41.8 Å². The number of fused-ring (bicyclic) bond motifs is 1. The van der Waals surface area contributed by atoms with Gasteiger partial charge in [-0.05, 0) is 60.0 Å². The third-order valence-corrected chi connectivity index (χ3v) is 6.26. The van der Waals surface area contributed by atoms with Crippen LogP contribution in [0.25, 0.3) is 16.8 Å². The number of aryl methyl sites for hydroxylation is 1. The second-order valence-corrected chi connectivity index (χ2v) is 8.77. The van der Waals surface area contributed by atoms with Crippen LogP contribution in [-0.4, -0.2) is 19.9 Å². The van der Waals surface area contributed by atoms with Crippen LogP contribution in [0.4, 0.5) is 20.4 Å². The summed E-state index contributed by atoms with van der Waals surface area (Å²) in [7, 11) is 0. The molecule has 4 aromatic rings. The van der Waals surface area contributed by atoms with Crippen molar-refractivity contribution >= 4 is 17.3 Å². The van der Waals surface area contributed by atoms with E-state index in [1.807, 2.05) is 6.08 Å². The summed E-state index contributed by atoms with van der Waals surface area (Å²) in [5.41, 5.74) is 13.4. The summed E-state index contributed by atoms with van der Waals surface area (Å²) in [5, 5.41) is 10.9. The molecule has 0 saturated heterocycles. The molecule has 3 N–H and O–H groups in total. The number of nitrogens with two attached hydrogens (primary N) is 1. The minimum Gasteiger partial charge on any atom is -0.368 e. The first-order chi connectivity index (χ1) is 18.3. The normalized spacial score (nSPS) is 14.5. The van der Waals surface area contributed by atoms with Crippen LogP contribution in [0.15, 0.2) is 66.9 Å². The smallest absolute Gasteiger partial charge is 0.269 e. The number of allylic oxidation sites excluding steroid dienone is 1. The van der Waals surface area contributed by atoms with Gasteiger partial charge in [0.2, 0.25) is 11.9 Å². The molecule has 0 bridgehead atoms. The molecular formula is C27H22F2N6O3. The van der Waals surface area contributed by atoms with Crippen molar-refractivity contribution in [3.05, 3.63) is 117 Å². The van der Waals surface area contributed by atoms with Gasteiger partial charge in [0.1, 0.15) is 5.82 Å². The van der Waals surface area contributed by atoms with Crippen molar-refractivity contribution in [3.63, 3.8) is 0 Å². The van der Waals surface area contributed by atoms with Crippen molar-refractivity contribution in [2.24, 2.45) is 0 Å². The van der Waals surface area contributed by atoms with Crippen molar-refractivity contribution in [2.45, 2.75) is 25.9 Å². The Bertz CT molecular complexity index is 1560. The molecule has 2 heterocycles. The molecule has 2 aromatic heterocycles. The summed E-state index contributed by atoms with van der Waals surface area (Å²) >= 11 is 0. The molecule has 1 aliphatic carbocycles. The van der Waals surface area contributed by atoms with E-state index in [9.17, 15) is 18.9 Å². The van der Waals surface area contributed by atoms with Gasteiger partial charge in [-0.25, -0.2) is 19.3 Å². The summed E-state index contributed by atoms with van der Waals surface area (Å²) in [5.74, 6) is -1.42. The quantitative estimate of drug-likeness (QED) is 0.199. The number of nitrogens with one attached hydrogen (secondary N) is 1. The van der Waals surface area contributed by atoms with Crippen LogP contribution in [0.1, 0.15) is 34.0 Å². The number of nitrogen functional groups attached to an aromatic ring is 1. The predicted molar refractivity (Wildman–Crippen MR) is 136 cm³/mol. The van der Waals surface area contributed by atoms with E-state index in [0.717, 1.165) is 11.1 Å². The van der Waals surface area contributed by atoms with Crippen molar-refractivity contribution in [2.75, 3.05) is 5.73 Å². The second kappa shape index (κ2) is 10.3. The Morgan fingerprint density at radius 1 is 1.13 bits per heavy atom. The number of halogens is 2. The maximum atomic E-state index is 14.6. The molecule has 1 unspecified atom stereocenters. The summed E-state index contributed by atoms with van der Waals surface area (Å²) in [6.45, 7) is 1.92. The van der Waals surface area contributed by atoms with E-state index in [4.69, 9.17) is 10.6 Å². The number of non-ortho nitro benzene ring substituents is 1. The number of benzene rings is 2. The van der Waals surface area contributed by atoms with Gasteiger partial charge in [0.15, 0.2) is 0 Å². The minimum absolute atomic E-state index is 0.0148. The van der Waals surface area contributed by atoms with Gasteiger partial charge in [-0.15, -0.1) is 0 Å². The fraction of sp³-hybridized carbons (Fsp3) is 0.148. The van der Waals surface area contributed by atoms with E-state index < -0.39 is 16.7 Å². The zero-order valence-electron chi connectivity index (χ0n) is 20.2. The molecular weight excluding hydrogens is 494 g/mol. The van der Waals surface area contributed by atoms with E-state index in [0.29, 0.717) is 34.6 Å². The lowest BCUT2D eigenvalue weighted by atomic mass is 9.82. The van der Waals surface area contributed by atoms with Crippen molar-refractivity contribution in [3.8, 4) is 11.1 Å². The molecule has 5 rings (SSSR count). The maximum Gasteiger partial charge on any atom is 0.269 e. The monoisotopic (exact) mass is 516 g/mol. The van der Waals surface area contributed by atoms with E-state index in [1.54, 1.807) is 37.3 Å². The molecule has 0 saturated carbocycles. The molecule has 192 valence electrons. The second-order valence-electron chi connectivity index (χ2n) is 8.77. The third-order valence-electron chi connectivity index (χ3n) is 6.26. The van der Waals surface area contributed by atoms with Crippen LogP contribution < -0.4 is 11.2 Å². The Kier molecular flexibility index (Phi) is 6.75. The van der Waals surface area contributed by atoms with Gasteiger partial charge in [-0.2, -0.15) is 4.39 Å². The Balaban J connectivity index is 1.49. The number of pyridine rings is 1. The number of anilines is 1. The van der Waals surface area contributed by atoms with Gasteiger partial charge >= 0.3 is 0 Å². The highest BCUT2D eigenvalue weighted by Gasteiger charge is 2.27. The van der Waals surface area contributed by atoms with Gasteiger partial charge in [0.05, 0.1) is 28.6 Å². The van der Waals surface area contributed by atoms with Gasteiger partial charge in [-0.3, -0.25) is 20.4 Å². The SMILES string of the molecule is Cc1nc(N)nc2c1C(NOCc1ccc([N+](=O)[O-])cc1)=CC(c1ccc(F)cc1-c1cccnc1F)C2. The molecule has 1 aliphatic rings. The molecule has 9 nitrogen and oxygen atoms in total. The first-order valence-corrected chi connectivity index (χ1v) is 11.7. The van der Waals surface area contributed by atoms with E-state index in [-0.39, 0.29) is 29.7 Å².